The van der Waals surface area contributed by atoms with E-state index in [0.717, 1.165) is 22.8 Å². The summed E-state index contributed by atoms with van der Waals surface area (Å²) in [6, 6.07) is 10.7. The number of halogens is 3. The summed E-state index contributed by atoms with van der Waals surface area (Å²) >= 11 is 0. The van der Waals surface area contributed by atoms with Gasteiger partial charge in [0, 0.05) is 0 Å². The van der Waals surface area contributed by atoms with E-state index < -0.39 is 42.3 Å². The van der Waals surface area contributed by atoms with E-state index in [1.807, 2.05) is 0 Å². The van der Waals surface area contributed by atoms with E-state index in [1.165, 1.54) is 12.4 Å². The molecule has 0 aliphatic rings. The van der Waals surface area contributed by atoms with Crippen LogP contribution in [-0.4, -0.2) is 28.0 Å². The van der Waals surface area contributed by atoms with Gasteiger partial charge < -0.3 is 4.74 Å². The number of carbonyl (C=O) groups is 2. The summed E-state index contributed by atoms with van der Waals surface area (Å²) in [7, 11) is 0. The van der Waals surface area contributed by atoms with Gasteiger partial charge in [-0.15, -0.1) is 0 Å². The average Bonchev–Trinajstić information content (AvgIpc) is 2.72. The first kappa shape index (κ1) is 20.8. The molecular formula is C19H15F3N4O4. The van der Waals surface area contributed by atoms with E-state index in [9.17, 15) is 27.6 Å². The zero-order valence-corrected chi connectivity index (χ0v) is 15.3. The summed E-state index contributed by atoms with van der Waals surface area (Å²) in [6.45, 7) is -1.02. The number of nitrogens with one attached hydrogen (secondary N) is 2. The third kappa shape index (κ3) is 5.13. The van der Waals surface area contributed by atoms with Crippen molar-refractivity contribution >= 4 is 22.7 Å². The lowest BCUT2D eigenvalue weighted by Crippen LogP contribution is -2.45. The minimum absolute atomic E-state index is 0.153. The van der Waals surface area contributed by atoms with E-state index in [1.54, 1.807) is 24.3 Å². The van der Waals surface area contributed by atoms with Crippen molar-refractivity contribution in [1.29, 1.82) is 0 Å². The highest BCUT2D eigenvalue weighted by molar-refractivity contribution is 5.83. The summed E-state index contributed by atoms with van der Waals surface area (Å²) in [6.07, 6.45) is -3.33. The van der Waals surface area contributed by atoms with Crippen LogP contribution in [0.25, 0.3) is 10.9 Å². The molecule has 0 aliphatic carbocycles. The standard InChI is InChI=1S/C19H15F3N4O4/c20-19(21,22)12-4-3-5-13(8-12)30-10-17(28)25-24-16(27)9-26-11-23-15-7-2-1-6-14(15)18(26)29/h1-8,11H,9-10H2,(H,24,27)(H,25,28). The Kier molecular flexibility index (Phi) is 6.00. The molecule has 0 unspecified atom stereocenters. The number of para-hydroxylation sites is 1. The molecule has 1 heterocycles. The highest BCUT2D eigenvalue weighted by Crippen LogP contribution is 2.31. The van der Waals surface area contributed by atoms with Gasteiger partial charge in [0.1, 0.15) is 12.3 Å². The molecule has 2 N–H and O–H groups in total. The number of carbonyl (C=O) groups excluding carboxylic acids is 2. The lowest BCUT2D eigenvalue weighted by Gasteiger charge is -2.11. The predicted molar refractivity (Wildman–Crippen MR) is 99.2 cm³/mol. The Morgan fingerprint density at radius 2 is 1.77 bits per heavy atom. The molecule has 0 saturated heterocycles. The van der Waals surface area contributed by atoms with Crippen molar-refractivity contribution in [2.45, 2.75) is 12.7 Å². The largest absolute Gasteiger partial charge is 0.484 e. The third-order valence-corrected chi connectivity index (χ3v) is 3.92. The average molecular weight is 420 g/mol. The number of alkyl halides is 3. The van der Waals surface area contributed by atoms with Crippen molar-refractivity contribution in [3.8, 4) is 5.75 Å². The lowest BCUT2D eigenvalue weighted by molar-refractivity contribution is -0.137. The summed E-state index contributed by atoms with van der Waals surface area (Å²) in [4.78, 5) is 40.1. The fraction of sp³-hybridized carbons (Fsp3) is 0.158. The second-order valence-electron chi connectivity index (χ2n) is 6.11. The Labute approximate surface area is 167 Å². The molecule has 0 bridgehead atoms. The van der Waals surface area contributed by atoms with Gasteiger partial charge in [0.15, 0.2) is 6.61 Å². The zero-order valence-electron chi connectivity index (χ0n) is 15.3. The van der Waals surface area contributed by atoms with E-state index in [0.29, 0.717) is 10.9 Å². The maximum absolute atomic E-state index is 12.7. The minimum Gasteiger partial charge on any atom is -0.484 e. The maximum atomic E-state index is 12.7. The third-order valence-electron chi connectivity index (χ3n) is 3.92. The van der Waals surface area contributed by atoms with Gasteiger partial charge in [-0.2, -0.15) is 13.2 Å². The number of aromatic nitrogens is 2. The first-order chi connectivity index (χ1) is 14.2. The number of amides is 2. The summed E-state index contributed by atoms with van der Waals surface area (Å²) in [5.74, 6) is -1.66. The van der Waals surface area contributed by atoms with Crippen LogP contribution in [0, 0.1) is 0 Å². The Bertz CT molecular complexity index is 1140. The number of hydrazine groups is 1. The Hall–Kier alpha value is -3.89. The van der Waals surface area contributed by atoms with Crippen molar-refractivity contribution in [1.82, 2.24) is 20.4 Å². The molecule has 2 amide bonds. The van der Waals surface area contributed by atoms with E-state index in [4.69, 9.17) is 4.74 Å². The number of benzene rings is 2. The number of hydrogen-bond donors (Lipinski definition) is 2. The molecule has 0 fully saturated rings. The van der Waals surface area contributed by atoms with Crippen LogP contribution in [0.1, 0.15) is 5.56 Å². The number of nitrogens with zero attached hydrogens (tertiary/aromatic N) is 2. The van der Waals surface area contributed by atoms with Crippen LogP contribution in [0.5, 0.6) is 5.75 Å². The quantitative estimate of drug-likeness (QED) is 0.611. The Morgan fingerprint density at radius 1 is 1.03 bits per heavy atom. The molecule has 8 nitrogen and oxygen atoms in total. The molecule has 0 spiro atoms. The van der Waals surface area contributed by atoms with Crippen LogP contribution >= 0.6 is 0 Å². The number of fused-ring (bicyclic) bond motifs is 1. The second-order valence-corrected chi connectivity index (χ2v) is 6.11. The number of ether oxygens (including phenoxy) is 1. The molecule has 2 aromatic carbocycles. The molecule has 30 heavy (non-hydrogen) atoms. The van der Waals surface area contributed by atoms with Crippen LogP contribution in [0.2, 0.25) is 0 Å². The van der Waals surface area contributed by atoms with Crippen molar-refractivity contribution in [3.63, 3.8) is 0 Å². The Balaban J connectivity index is 1.51. The van der Waals surface area contributed by atoms with Gasteiger partial charge >= 0.3 is 6.18 Å². The molecule has 11 heteroatoms. The van der Waals surface area contributed by atoms with Crippen molar-refractivity contribution in [3.05, 3.63) is 70.8 Å². The van der Waals surface area contributed by atoms with Crippen LogP contribution in [0.15, 0.2) is 59.7 Å². The fourth-order valence-electron chi connectivity index (χ4n) is 2.50. The molecule has 0 radical (unpaired) electrons. The normalized spacial score (nSPS) is 11.2. The van der Waals surface area contributed by atoms with Crippen LogP contribution in [0.4, 0.5) is 13.2 Å². The molecule has 0 atom stereocenters. The van der Waals surface area contributed by atoms with Crippen molar-refractivity contribution in [2.75, 3.05) is 6.61 Å². The Morgan fingerprint density at radius 3 is 2.53 bits per heavy atom. The van der Waals surface area contributed by atoms with Gasteiger partial charge in [-0.1, -0.05) is 18.2 Å². The van der Waals surface area contributed by atoms with Crippen LogP contribution < -0.4 is 21.1 Å². The SMILES string of the molecule is O=C(COc1cccc(C(F)(F)F)c1)NNC(=O)Cn1cnc2ccccc2c1=O. The molecular weight excluding hydrogens is 405 g/mol. The second kappa shape index (κ2) is 8.64. The number of rotatable bonds is 5. The highest BCUT2D eigenvalue weighted by atomic mass is 19.4. The molecule has 1 aromatic heterocycles. The first-order valence-corrected chi connectivity index (χ1v) is 8.56. The molecule has 3 rings (SSSR count). The molecule has 0 aliphatic heterocycles. The van der Waals surface area contributed by atoms with Gasteiger partial charge in [0.2, 0.25) is 0 Å². The monoisotopic (exact) mass is 420 g/mol. The van der Waals surface area contributed by atoms with Gasteiger partial charge in [-0.3, -0.25) is 29.8 Å². The summed E-state index contributed by atoms with van der Waals surface area (Å²) in [5, 5.41) is 0.339. The summed E-state index contributed by atoms with van der Waals surface area (Å²) < 4.78 is 44.0. The zero-order chi connectivity index (χ0) is 21.7. The van der Waals surface area contributed by atoms with Crippen molar-refractivity contribution in [2.24, 2.45) is 0 Å². The molecule has 3 aromatic rings. The molecule has 156 valence electrons. The number of hydrogen-bond acceptors (Lipinski definition) is 5. The van der Waals surface area contributed by atoms with Gasteiger partial charge in [-0.25, -0.2) is 4.98 Å². The minimum atomic E-state index is -4.54. The summed E-state index contributed by atoms with van der Waals surface area (Å²) in [5.41, 5.74) is 3.30. The first-order valence-electron chi connectivity index (χ1n) is 8.56. The van der Waals surface area contributed by atoms with Crippen molar-refractivity contribution < 1.29 is 27.5 Å². The lowest BCUT2D eigenvalue weighted by atomic mass is 10.2. The van der Waals surface area contributed by atoms with E-state index >= 15 is 0 Å². The van der Waals surface area contributed by atoms with E-state index in [2.05, 4.69) is 15.8 Å². The van der Waals surface area contributed by atoms with Gasteiger partial charge in [-0.05, 0) is 30.3 Å². The fourth-order valence-corrected chi connectivity index (χ4v) is 2.50. The topological polar surface area (TPSA) is 102 Å². The van der Waals surface area contributed by atoms with Gasteiger partial charge in [0.05, 0.1) is 22.8 Å². The van der Waals surface area contributed by atoms with E-state index in [-0.39, 0.29) is 5.75 Å². The highest BCUT2D eigenvalue weighted by Gasteiger charge is 2.30. The van der Waals surface area contributed by atoms with Crippen LogP contribution in [0.3, 0.4) is 0 Å². The maximum Gasteiger partial charge on any atom is 0.416 e. The smallest absolute Gasteiger partial charge is 0.416 e. The van der Waals surface area contributed by atoms with Crippen LogP contribution in [-0.2, 0) is 22.3 Å². The van der Waals surface area contributed by atoms with Gasteiger partial charge in [0.25, 0.3) is 17.4 Å². The predicted octanol–water partition coefficient (Wildman–Crippen LogP) is 1.64. The molecule has 0 saturated carbocycles.